The first-order valence-corrected chi connectivity index (χ1v) is 9.25. The minimum absolute atomic E-state index is 0.0566. The zero-order valence-electron chi connectivity index (χ0n) is 13.5. The average molecular weight is 380 g/mol. The zero-order chi connectivity index (χ0) is 17.6. The lowest BCUT2D eigenvalue weighted by Crippen LogP contribution is -2.26. The van der Waals surface area contributed by atoms with E-state index < -0.39 is 0 Å². The summed E-state index contributed by atoms with van der Waals surface area (Å²) >= 11 is 7.04. The van der Waals surface area contributed by atoms with Crippen LogP contribution in [0.25, 0.3) is 0 Å². The van der Waals surface area contributed by atoms with Gasteiger partial charge >= 0.3 is 0 Å². The van der Waals surface area contributed by atoms with Gasteiger partial charge < -0.3 is 14.8 Å². The number of fused-ring (bicyclic) bond motifs is 1. The SMILES string of the molecule is O=C(CCC(=O)c1ccc(Cl)s1)NCCc1ccc2c(c1)OCCO2. The van der Waals surface area contributed by atoms with E-state index in [4.69, 9.17) is 21.1 Å². The summed E-state index contributed by atoms with van der Waals surface area (Å²) in [6, 6.07) is 9.16. The number of hydrogen-bond donors (Lipinski definition) is 1. The Morgan fingerprint density at radius 2 is 1.88 bits per heavy atom. The topological polar surface area (TPSA) is 64.6 Å². The van der Waals surface area contributed by atoms with Crippen LogP contribution in [0, 0.1) is 0 Å². The standard InChI is InChI=1S/C18H18ClNO4S/c19-17-5-4-16(25-17)13(21)2-6-18(22)20-8-7-12-1-3-14-15(11-12)24-10-9-23-14/h1,3-5,11H,2,6-10H2,(H,20,22). The van der Waals surface area contributed by atoms with E-state index in [1.807, 2.05) is 18.2 Å². The van der Waals surface area contributed by atoms with E-state index in [9.17, 15) is 9.59 Å². The summed E-state index contributed by atoms with van der Waals surface area (Å²) in [5.74, 6) is 1.31. The van der Waals surface area contributed by atoms with Gasteiger partial charge in [-0.1, -0.05) is 17.7 Å². The summed E-state index contributed by atoms with van der Waals surface area (Å²) in [5.41, 5.74) is 1.06. The van der Waals surface area contributed by atoms with Crippen molar-refractivity contribution in [3.8, 4) is 11.5 Å². The number of Topliss-reactive ketones (excluding diaryl/α,β-unsaturated/α-hetero) is 1. The van der Waals surface area contributed by atoms with Crippen LogP contribution in [0.15, 0.2) is 30.3 Å². The summed E-state index contributed by atoms with van der Waals surface area (Å²) < 4.78 is 11.6. The van der Waals surface area contributed by atoms with Crippen molar-refractivity contribution >= 4 is 34.6 Å². The summed E-state index contributed by atoms with van der Waals surface area (Å²) in [6.07, 6.45) is 1.05. The Labute approximate surface area is 154 Å². The van der Waals surface area contributed by atoms with E-state index in [-0.39, 0.29) is 24.5 Å². The van der Waals surface area contributed by atoms with Crippen LogP contribution in [0.3, 0.4) is 0 Å². The molecule has 5 nitrogen and oxygen atoms in total. The molecule has 1 aliphatic rings. The second-order valence-electron chi connectivity index (χ2n) is 5.60. The van der Waals surface area contributed by atoms with Gasteiger partial charge in [0.05, 0.1) is 9.21 Å². The summed E-state index contributed by atoms with van der Waals surface area (Å²) in [7, 11) is 0. The number of thiophene rings is 1. The molecular weight excluding hydrogens is 362 g/mol. The molecule has 0 aliphatic carbocycles. The fraction of sp³-hybridized carbons (Fsp3) is 0.333. The second-order valence-corrected chi connectivity index (χ2v) is 7.32. The average Bonchev–Trinajstić information content (AvgIpc) is 3.06. The van der Waals surface area contributed by atoms with Crippen molar-refractivity contribution < 1.29 is 19.1 Å². The lowest BCUT2D eigenvalue weighted by atomic mass is 10.1. The third-order valence-electron chi connectivity index (χ3n) is 3.77. The van der Waals surface area contributed by atoms with Crippen LogP contribution in [-0.4, -0.2) is 31.4 Å². The molecule has 2 aromatic rings. The maximum Gasteiger partial charge on any atom is 0.220 e. The molecule has 0 saturated heterocycles. The van der Waals surface area contributed by atoms with Crippen LogP contribution in [0.2, 0.25) is 4.34 Å². The lowest BCUT2D eigenvalue weighted by Gasteiger charge is -2.18. The molecule has 0 bridgehead atoms. The Balaban J connectivity index is 1.40. The molecule has 132 valence electrons. The molecule has 1 aromatic heterocycles. The maximum absolute atomic E-state index is 11.9. The minimum Gasteiger partial charge on any atom is -0.486 e. The first-order chi connectivity index (χ1) is 12.1. The molecule has 2 heterocycles. The number of carbonyl (C=O) groups excluding carboxylic acids is 2. The molecule has 3 rings (SSSR count). The van der Waals surface area contributed by atoms with Crippen LogP contribution in [0.1, 0.15) is 28.1 Å². The van der Waals surface area contributed by atoms with Crippen molar-refractivity contribution in [2.75, 3.05) is 19.8 Å². The van der Waals surface area contributed by atoms with Gasteiger partial charge in [0.1, 0.15) is 13.2 Å². The largest absolute Gasteiger partial charge is 0.486 e. The number of halogens is 1. The number of benzene rings is 1. The summed E-state index contributed by atoms with van der Waals surface area (Å²) in [4.78, 5) is 24.4. The number of nitrogens with one attached hydrogen (secondary N) is 1. The van der Waals surface area contributed by atoms with Crippen molar-refractivity contribution in [3.63, 3.8) is 0 Å². The maximum atomic E-state index is 11.9. The Hall–Kier alpha value is -2.05. The van der Waals surface area contributed by atoms with Gasteiger partial charge in [-0.05, 0) is 36.2 Å². The molecule has 0 spiro atoms. The molecule has 0 unspecified atom stereocenters. The first-order valence-electron chi connectivity index (χ1n) is 8.05. The van der Waals surface area contributed by atoms with E-state index in [0.717, 1.165) is 17.1 Å². The van der Waals surface area contributed by atoms with Gasteiger partial charge in [0.2, 0.25) is 5.91 Å². The number of ether oxygens (including phenoxy) is 2. The van der Waals surface area contributed by atoms with Crippen LogP contribution < -0.4 is 14.8 Å². The highest BCUT2D eigenvalue weighted by Crippen LogP contribution is 2.30. The molecule has 1 amide bonds. The molecule has 1 N–H and O–H groups in total. The van der Waals surface area contributed by atoms with Gasteiger partial charge in [-0.2, -0.15) is 0 Å². The fourth-order valence-corrected chi connectivity index (χ4v) is 3.50. The van der Waals surface area contributed by atoms with Crippen LogP contribution in [0.5, 0.6) is 11.5 Å². The van der Waals surface area contributed by atoms with E-state index >= 15 is 0 Å². The Bertz CT molecular complexity index is 774. The van der Waals surface area contributed by atoms with E-state index in [2.05, 4.69) is 5.32 Å². The second kappa shape index (κ2) is 8.36. The number of amides is 1. The predicted molar refractivity (Wildman–Crippen MR) is 97.0 cm³/mol. The van der Waals surface area contributed by atoms with Gasteiger partial charge in [0, 0.05) is 19.4 Å². The third kappa shape index (κ3) is 4.96. The lowest BCUT2D eigenvalue weighted by molar-refractivity contribution is -0.121. The van der Waals surface area contributed by atoms with Crippen molar-refractivity contribution in [2.24, 2.45) is 0 Å². The normalized spacial score (nSPS) is 12.7. The Morgan fingerprint density at radius 1 is 1.08 bits per heavy atom. The Morgan fingerprint density at radius 3 is 2.64 bits per heavy atom. The van der Waals surface area contributed by atoms with Gasteiger partial charge in [-0.3, -0.25) is 9.59 Å². The zero-order valence-corrected chi connectivity index (χ0v) is 15.1. The molecule has 25 heavy (non-hydrogen) atoms. The predicted octanol–water partition coefficient (Wildman–Crippen LogP) is 3.49. The summed E-state index contributed by atoms with van der Waals surface area (Å²) in [6.45, 7) is 1.63. The van der Waals surface area contributed by atoms with E-state index in [0.29, 0.717) is 35.4 Å². The van der Waals surface area contributed by atoms with Crippen molar-refractivity contribution in [1.82, 2.24) is 5.32 Å². The summed E-state index contributed by atoms with van der Waals surface area (Å²) in [5, 5.41) is 2.84. The molecule has 1 aliphatic heterocycles. The number of carbonyl (C=O) groups is 2. The molecule has 1 aromatic carbocycles. The number of ketones is 1. The molecule has 0 saturated carbocycles. The van der Waals surface area contributed by atoms with Crippen LogP contribution >= 0.6 is 22.9 Å². The van der Waals surface area contributed by atoms with Crippen molar-refractivity contribution in [1.29, 1.82) is 0 Å². The minimum atomic E-state index is -0.131. The van der Waals surface area contributed by atoms with Crippen LogP contribution in [0.4, 0.5) is 0 Å². The molecular formula is C18H18ClNO4S. The quantitative estimate of drug-likeness (QED) is 0.748. The van der Waals surface area contributed by atoms with Gasteiger partial charge in [0.25, 0.3) is 0 Å². The molecule has 7 heteroatoms. The highest BCUT2D eigenvalue weighted by atomic mass is 35.5. The highest BCUT2D eigenvalue weighted by molar-refractivity contribution is 7.18. The van der Waals surface area contributed by atoms with Crippen molar-refractivity contribution in [2.45, 2.75) is 19.3 Å². The van der Waals surface area contributed by atoms with Crippen molar-refractivity contribution in [3.05, 3.63) is 45.1 Å². The first kappa shape index (κ1) is 17.8. The molecule has 0 radical (unpaired) electrons. The van der Waals surface area contributed by atoms with E-state index in [1.54, 1.807) is 12.1 Å². The molecule has 0 atom stereocenters. The fourth-order valence-electron chi connectivity index (χ4n) is 2.49. The van der Waals surface area contributed by atoms with Crippen LogP contribution in [-0.2, 0) is 11.2 Å². The van der Waals surface area contributed by atoms with Gasteiger partial charge in [-0.25, -0.2) is 0 Å². The Kier molecular flexibility index (Phi) is 5.94. The van der Waals surface area contributed by atoms with Gasteiger partial charge in [0.15, 0.2) is 17.3 Å². The highest BCUT2D eigenvalue weighted by Gasteiger charge is 2.13. The smallest absolute Gasteiger partial charge is 0.220 e. The number of hydrogen-bond acceptors (Lipinski definition) is 5. The van der Waals surface area contributed by atoms with Gasteiger partial charge in [-0.15, -0.1) is 11.3 Å². The third-order valence-corrected chi connectivity index (χ3v) is 5.04. The number of rotatable bonds is 7. The monoisotopic (exact) mass is 379 g/mol. The molecule has 0 fully saturated rings. The van der Waals surface area contributed by atoms with E-state index in [1.165, 1.54) is 11.3 Å².